The van der Waals surface area contributed by atoms with Gasteiger partial charge in [0.25, 0.3) is 0 Å². The third kappa shape index (κ3) is 2.80. The topological polar surface area (TPSA) is 29.3 Å². The zero-order chi connectivity index (χ0) is 8.32. The van der Waals surface area contributed by atoms with Crippen molar-refractivity contribution in [1.29, 1.82) is 0 Å². The van der Waals surface area contributed by atoms with E-state index in [2.05, 4.69) is 18.7 Å². The van der Waals surface area contributed by atoms with Crippen molar-refractivity contribution in [3.8, 4) is 0 Å². The van der Waals surface area contributed by atoms with Crippen molar-refractivity contribution < 1.29 is 0 Å². The van der Waals surface area contributed by atoms with Crippen LogP contribution in [-0.2, 0) is 0 Å². The monoisotopic (exact) mass is 156 g/mol. The molecule has 1 aliphatic heterocycles. The maximum atomic E-state index is 5.49. The van der Waals surface area contributed by atoms with Gasteiger partial charge in [0.2, 0.25) is 0 Å². The summed E-state index contributed by atoms with van der Waals surface area (Å²) in [6.45, 7) is 9.07. The largest absolute Gasteiger partial charge is 0.329 e. The molecule has 0 amide bonds. The molecule has 2 N–H and O–H groups in total. The van der Waals surface area contributed by atoms with Crippen LogP contribution in [0.2, 0.25) is 0 Å². The summed E-state index contributed by atoms with van der Waals surface area (Å²) in [5, 5.41) is 0. The lowest BCUT2D eigenvalue weighted by Crippen LogP contribution is -2.39. The molecule has 2 heteroatoms. The average Bonchev–Trinajstić information content (AvgIpc) is 1.94. The number of piperidine rings is 1. The average molecular weight is 156 g/mol. The summed E-state index contributed by atoms with van der Waals surface area (Å²) >= 11 is 0. The van der Waals surface area contributed by atoms with Crippen molar-refractivity contribution in [3.05, 3.63) is 0 Å². The smallest absolute Gasteiger partial charge is 0.0105 e. The molecule has 0 aromatic heterocycles. The van der Waals surface area contributed by atoms with E-state index in [4.69, 9.17) is 5.73 Å². The molecule has 1 heterocycles. The first-order chi connectivity index (χ1) is 5.14. The second-order valence-electron chi connectivity index (χ2n) is 4.29. The maximum absolute atomic E-state index is 5.49. The molecule has 1 saturated heterocycles. The van der Waals surface area contributed by atoms with Gasteiger partial charge in [0.15, 0.2) is 0 Å². The van der Waals surface area contributed by atoms with Crippen molar-refractivity contribution in [2.24, 2.45) is 11.1 Å². The van der Waals surface area contributed by atoms with E-state index >= 15 is 0 Å². The SMILES string of the molecule is CC1(C)CCN(CCN)CC1. The van der Waals surface area contributed by atoms with Gasteiger partial charge in [-0.3, -0.25) is 0 Å². The van der Waals surface area contributed by atoms with E-state index in [1.54, 1.807) is 0 Å². The highest BCUT2D eigenvalue weighted by Gasteiger charge is 2.24. The highest BCUT2D eigenvalue weighted by Crippen LogP contribution is 2.29. The Morgan fingerprint density at radius 1 is 1.27 bits per heavy atom. The normalized spacial score (nSPS) is 25.4. The summed E-state index contributed by atoms with van der Waals surface area (Å²) in [7, 11) is 0. The van der Waals surface area contributed by atoms with Crippen LogP contribution in [0.15, 0.2) is 0 Å². The molecule has 0 atom stereocenters. The van der Waals surface area contributed by atoms with Gasteiger partial charge in [-0.1, -0.05) is 13.8 Å². The molecule has 0 saturated carbocycles. The fourth-order valence-corrected chi connectivity index (χ4v) is 1.56. The second-order valence-corrected chi connectivity index (χ2v) is 4.29. The molecule has 0 aromatic carbocycles. The van der Waals surface area contributed by atoms with Crippen LogP contribution in [0.3, 0.4) is 0 Å². The number of nitrogens with zero attached hydrogens (tertiary/aromatic N) is 1. The molecule has 1 fully saturated rings. The van der Waals surface area contributed by atoms with Crippen molar-refractivity contribution in [3.63, 3.8) is 0 Å². The molecule has 0 aliphatic carbocycles. The molecule has 1 rings (SSSR count). The first-order valence-corrected chi connectivity index (χ1v) is 4.56. The second kappa shape index (κ2) is 3.55. The highest BCUT2D eigenvalue weighted by atomic mass is 15.1. The summed E-state index contributed by atoms with van der Waals surface area (Å²) < 4.78 is 0. The van der Waals surface area contributed by atoms with E-state index in [0.717, 1.165) is 13.1 Å². The summed E-state index contributed by atoms with van der Waals surface area (Å²) in [6.07, 6.45) is 2.65. The Kier molecular flexibility index (Phi) is 2.90. The third-order valence-electron chi connectivity index (χ3n) is 2.65. The Labute approximate surface area is 69.8 Å². The van der Waals surface area contributed by atoms with Gasteiger partial charge in [0.05, 0.1) is 0 Å². The van der Waals surface area contributed by atoms with Gasteiger partial charge in [-0.05, 0) is 31.3 Å². The van der Waals surface area contributed by atoms with Crippen LogP contribution in [-0.4, -0.2) is 31.1 Å². The van der Waals surface area contributed by atoms with Gasteiger partial charge in [0, 0.05) is 13.1 Å². The summed E-state index contributed by atoms with van der Waals surface area (Å²) in [4.78, 5) is 2.46. The third-order valence-corrected chi connectivity index (χ3v) is 2.65. The predicted octanol–water partition coefficient (Wildman–Crippen LogP) is 1.07. The molecule has 0 unspecified atom stereocenters. The number of likely N-dealkylation sites (tertiary alicyclic amines) is 1. The first-order valence-electron chi connectivity index (χ1n) is 4.56. The van der Waals surface area contributed by atoms with Crippen LogP contribution >= 0.6 is 0 Å². The van der Waals surface area contributed by atoms with Gasteiger partial charge in [-0.15, -0.1) is 0 Å². The van der Waals surface area contributed by atoms with Crippen molar-refractivity contribution in [1.82, 2.24) is 4.90 Å². The zero-order valence-electron chi connectivity index (χ0n) is 7.77. The van der Waals surface area contributed by atoms with Crippen LogP contribution in [0.1, 0.15) is 26.7 Å². The lowest BCUT2D eigenvalue weighted by Gasteiger charge is -2.36. The Morgan fingerprint density at radius 2 is 1.82 bits per heavy atom. The zero-order valence-corrected chi connectivity index (χ0v) is 7.77. The minimum absolute atomic E-state index is 0.575. The van der Waals surface area contributed by atoms with Gasteiger partial charge in [-0.2, -0.15) is 0 Å². The van der Waals surface area contributed by atoms with E-state index < -0.39 is 0 Å². The summed E-state index contributed by atoms with van der Waals surface area (Å²) in [5.41, 5.74) is 6.06. The van der Waals surface area contributed by atoms with Crippen LogP contribution in [0.5, 0.6) is 0 Å². The molecule has 0 radical (unpaired) electrons. The van der Waals surface area contributed by atoms with Crippen LogP contribution in [0, 0.1) is 5.41 Å². The quantitative estimate of drug-likeness (QED) is 0.648. The first kappa shape index (κ1) is 9.01. The Balaban J connectivity index is 2.25. The molecule has 0 spiro atoms. The standard InChI is InChI=1S/C9H20N2/c1-9(2)3-6-11(7-4-9)8-5-10/h3-8,10H2,1-2H3. The molecule has 0 aromatic rings. The Bertz CT molecular complexity index is 111. The van der Waals surface area contributed by atoms with Gasteiger partial charge in [0.1, 0.15) is 0 Å². The molecular formula is C9H20N2. The van der Waals surface area contributed by atoms with E-state index in [1.165, 1.54) is 25.9 Å². The van der Waals surface area contributed by atoms with Crippen molar-refractivity contribution >= 4 is 0 Å². The van der Waals surface area contributed by atoms with E-state index in [0.29, 0.717) is 5.41 Å². The van der Waals surface area contributed by atoms with Gasteiger partial charge >= 0.3 is 0 Å². The van der Waals surface area contributed by atoms with E-state index in [-0.39, 0.29) is 0 Å². The Hall–Kier alpha value is -0.0800. The fraction of sp³-hybridized carbons (Fsp3) is 1.00. The lowest BCUT2D eigenvalue weighted by atomic mass is 9.83. The summed E-state index contributed by atoms with van der Waals surface area (Å²) in [6, 6.07) is 0. The molecule has 0 bridgehead atoms. The summed E-state index contributed by atoms with van der Waals surface area (Å²) in [5.74, 6) is 0. The molecule has 2 nitrogen and oxygen atoms in total. The number of hydrogen-bond donors (Lipinski definition) is 1. The van der Waals surface area contributed by atoms with E-state index in [1.807, 2.05) is 0 Å². The molecular weight excluding hydrogens is 136 g/mol. The molecule has 66 valence electrons. The van der Waals surface area contributed by atoms with Gasteiger partial charge in [-0.25, -0.2) is 0 Å². The van der Waals surface area contributed by atoms with Crippen molar-refractivity contribution in [2.45, 2.75) is 26.7 Å². The number of nitrogens with two attached hydrogens (primary N) is 1. The van der Waals surface area contributed by atoms with Gasteiger partial charge < -0.3 is 10.6 Å². The highest BCUT2D eigenvalue weighted by molar-refractivity contribution is 4.78. The molecule has 11 heavy (non-hydrogen) atoms. The van der Waals surface area contributed by atoms with Crippen molar-refractivity contribution in [2.75, 3.05) is 26.2 Å². The minimum Gasteiger partial charge on any atom is -0.329 e. The number of hydrogen-bond acceptors (Lipinski definition) is 2. The lowest BCUT2D eigenvalue weighted by molar-refractivity contribution is 0.136. The van der Waals surface area contributed by atoms with Crippen LogP contribution < -0.4 is 5.73 Å². The predicted molar refractivity (Wildman–Crippen MR) is 48.5 cm³/mol. The van der Waals surface area contributed by atoms with E-state index in [9.17, 15) is 0 Å². The molecule has 1 aliphatic rings. The fourth-order valence-electron chi connectivity index (χ4n) is 1.56. The Morgan fingerprint density at radius 3 is 2.27 bits per heavy atom. The van der Waals surface area contributed by atoms with Crippen LogP contribution in [0.4, 0.5) is 0 Å². The minimum atomic E-state index is 0.575. The van der Waals surface area contributed by atoms with Crippen LogP contribution in [0.25, 0.3) is 0 Å². The number of rotatable bonds is 2. The maximum Gasteiger partial charge on any atom is 0.0105 e.